The number of hydrogen-bond donors (Lipinski definition) is 1. The Morgan fingerprint density at radius 3 is 2.12 bits per heavy atom. The molecule has 0 atom stereocenters. The lowest BCUT2D eigenvalue weighted by molar-refractivity contribution is 0.522. The normalized spacial score (nSPS) is 10.7. The van der Waals surface area contributed by atoms with Crippen LogP contribution in [0.15, 0.2) is 15.7 Å². The zero-order valence-corrected chi connectivity index (χ0v) is 10.6. The summed E-state index contributed by atoms with van der Waals surface area (Å²) in [6, 6.07) is 1.34. The van der Waals surface area contributed by atoms with Gasteiger partial charge in [0, 0.05) is 19.2 Å². The van der Waals surface area contributed by atoms with Gasteiger partial charge in [-0.3, -0.25) is 13.9 Å². The molecule has 1 aromatic heterocycles. The highest BCUT2D eigenvalue weighted by Gasteiger charge is 2.08. The molecule has 0 aliphatic carbocycles. The molecule has 1 heterocycles. The summed E-state index contributed by atoms with van der Waals surface area (Å²) in [6.07, 6.45) is 3.65. The summed E-state index contributed by atoms with van der Waals surface area (Å²) in [7, 11) is 0. The SMILES string of the molecule is CCCCn1c(N)cc(=O)n(CCCC)c1=O. The number of nitrogens with zero attached hydrogens (tertiary/aromatic N) is 2. The first kappa shape index (κ1) is 13.5. The Balaban J connectivity index is 3.13. The molecule has 0 amide bonds. The van der Waals surface area contributed by atoms with E-state index >= 15 is 0 Å². The van der Waals surface area contributed by atoms with Gasteiger partial charge in [-0.2, -0.15) is 0 Å². The van der Waals surface area contributed by atoms with E-state index in [-0.39, 0.29) is 17.1 Å². The Bertz CT molecular complexity index is 474. The van der Waals surface area contributed by atoms with E-state index < -0.39 is 0 Å². The van der Waals surface area contributed by atoms with Gasteiger partial charge in [-0.25, -0.2) is 4.79 Å². The molecule has 5 heteroatoms. The third kappa shape index (κ3) is 3.22. The number of nitrogens with two attached hydrogens (primary N) is 1. The Kier molecular flexibility index (Phi) is 5.00. The maximum absolute atomic E-state index is 12.1. The van der Waals surface area contributed by atoms with Crippen LogP contribution in [0, 0.1) is 0 Å². The van der Waals surface area contributed by atoms with Crippen LogP contribution in [0.25, 0.3) is 0 Å². The number of anilines is 1. The Labute approximate surface area is 101 Å². The molecule has 96 valence electrons. The van der Waals surface area contributed by atoms with E-state index in [9.17, 15) is 9.59 Å². The van der Waals surface area contributed by atoms with E-state index in [1.165, 1.54) is 15.2 Å². The maximum Gasteiger partial charge on any atom is 0.332 e. The molecule has 2 N–H and O–H groups in total. The predicted molar refractivity (Wildman–Crippen MR) is 69.2 cm³/mol. The fraction of sp³-hybridized carbons (Fsp3) is 0.667. The summed E-state index contributed by atoms with van der Waals surface area (Å²) in [5.41, 5.74) is 5.13. The van der Waals surface area contributed by atoms with Crippen molar-refractivity contribution in [1.82, 2.24) is 9.13 Å². The van der Waals surface area contributed by atoms with Crippen LogP contribution in [0.5, 0.6) is 0 Å². The third-order valence-corrected chi connectivity index (χ3v) is 2.78. The van der Waals surface area contributed by atoms with Crippen molar-refractivity contribution in [2.75, 3.05) is 5.73 Å². The Morgan fingerprint density at radius 1 is 1.06 bits per heavy atom. The molecule has 17 heavy (non-hydrogen) atoms. The van der Waals surface area contributed by atoms with Crippen LogP contribution in [0.2, 0.25) is 0 Å². The van der Waals surface area contributed by atoms with Gasteiger partial charge in [-0.05, 0) is 12.8 Å². The lowest BCUT2D eigenvalue weighted by Crippen LogP contribution is -2.40. The van der Waals surface area contributed by atoms with E-state index in [4.69, 9.17) is 5.73 Å². The topological polar surface area (TPSA) is 70.0 Å². The molecular formula is C12H21N3O2. The second-order valence-corrected chi connectivity index (χ2v) is 4.20. The van der Waals surface area contributed by atoms with Crippen LogP contribution in [0.4, 0.5) is 5.82 Å². The zero-order chi connectivity index (χ0) is 12.8. The summed E-state index contributed by atoms with van der Waals surface area (Å²) in [4.78, 5) is 23.7. The minimum absolute atomic E-state index is 0.265. The van der Waals surface area contributed by atoms with Crippen LogP contribution >= 0.6 is 0 Å². The zero-order valence-electron chi connectivity index (χ0n) is 10.6. The van der Waals surface area contributed by atoms with Crippen molar-refractivity contribution in [1.29, 1.82) is 0 Å². The van der Waals surface area contributed by atoms with Gasteiger partial charge in [0.2, 0.25) is 0 Å². The van der Waals surface area contributed by atoms with Gasteiger partial charge in [-0.15, -0.1) is 0 Å². The molecule has 0 unspecified atom stereocenters. The van der Waals surface area contributed by atoms with E-state index in [0.29, 0.717) is 13.1 Å². The summed E-state index contributed by atoms with van der Waals surface area (Å²) in [5.74, 6) is 0.265. The average Bonchev–Trinajstić information content (AvgIpc) is 2.28. The minimum atomic E-state index is -0.298. The first-order valence-electron chi connectivity index (χ1n) is 6.22. The Morgan fingerprint density at radius 2 is 1.59 bits per heavy atom. The van der Waals surface area contributed by atoms with Crippen LogP contribution in [0.1, 0.15) is 39.5 Å². The molecule has 0 saturated heterocycles. The van der Waals surface area contributed by atoms with E-state index in [1.54, 1.807) is 0 Å². The third-order valence-electron chi connectivity index (χ3n) is 2.78. The van der Waals surface area contributed by atoms with Gasteiger partial charge in [0.05, 0.1) is 0 Å². The van der Waals surface area contributed by atoms with E-state index in [2.05, 4.69) is 0 Å². The van der Waals surface area contributed by atoms with Crippen molar-refractivity contribution in [2.24, 2.45) is 0 Å². The van der Waals surface area contributed by atoms with Crippen molar-refractivity contribution in [3.63, 3.8) is 0 Å². The van der Waals surface area contributed by atoms with Gasteiger partial charge in [0.25, 0.3) is 5.56 Å². The highest BCUT2D eigenvalue weighted by Crippen LogP contribution is 1.99. The van der Waals surface area contributed by atoms with Gasteiger partial charge in [-0.1, -0.05) is 26.7 Å². The number of rotatable bonds is 6. The second kappa shape index (κ2) is 6.27. The first-order valence-corrected chi connectivity index (χ1v) is 6.22. The van der Waals surface area contributed by atoms with Gasteiger partial charge in [0.15, 0.2) is 0 Å². The number of nitrogen functional groups attached to an aromatic ring is 1. The highest BCUT2D eigenvalue weighted by atomic mass is 16.2. The van der Waals surface area contributed by atoms with Crippen molar-refractivity contribution in [2.45, 2.75) is 52.6 Å². The first-order chi connectivity index (χ1) is 8.11. The lowest BCUT2D eigenvalue weighted by atomic mass is 10.3. The second-order valence-electron chi connectivity index (χ2n) is 4.20. The molecule has 0 aromatic carbocycles. The quantitative estimate of drug-likeness (QED) is 0.810. The number of aromatic nitrogens is 2. The summed E-state index contributed by atoms with van der Waals surface area (Å²) in [5, 5.41) is 0. The largest absolute Gasteiger partial charge is 0.385 e. The monoisotopic (exact) mass is 239 g/mol. The Hall–Kier alpha value is -1.52. The van der Waals surface area contributed by atoms with Gasteiger partial charge in [0.1, 0.15) is 5.82 Å². The molecule has 1 rings (SSSR count). The predicted octanol–water partition coefficient (Wildman–Crippen LogP) is 1.19. The molecule has 1 aromatic rings. The molecule has 0 radical (unpaired) electrons. The number of hydrogen-bond acceptors (Lipinski definition) is 3. The fourth-order valence-corrected chi connectivity index (χ4v) is 1.70. The van der Waals surface area contributed by atoms with Crippen LogP contribution in [-0.4, -0.2) is 9.13 Å². The van der Waals surface area contributed by atoms with Crippen molar-refractivity contribution in [3.8, 4) is 0 Å². The molecule has 0 bridgehead atoms. The summed E-state index contributed by atoms with van der Waals surface area (Å²) >= 11 is 0. The smallest absolute Gasteiger partial charge is 0.332 e. The minimum Gasteiger partial charge on any atom is -0.385 e. The summed E-state index contributed by atoms with van der Waals surface area (Å²) < 4.78 is 2.76. The van der Waals surface area contributed by atoms with Gasteiger partial charge < -0.3 is 5.73 Å². The molecule has 5 nitrogen and oxygen atoms in total. The molecule has 0 spiro atoms. The summed E-state index contributed by atoms with van der Waals surface area (Å²) in [6.45, 7) is 5.13. The molecule has 0 aliphatic heterocycles. The van der Waals surface area contributed by atoms with Crippen molar-refractivity contribution < 1.29 is 0 Å². The van der Waals surface area contributed by atoms with Gasteiger partial charge >= 0.3 is 5.69 Å². The molecule has 0 aliphatic rings. The van der Waals surface area contributed by atoms with E-state index in [1.807, 2.05) is 13.8 Å². The maximum atomic E-state index is 12.1. The standard InChI is InChI=1S/C12H21N3O2/c1-3-5-7-14-10(13)9-11(16)15(12(14)17)8-6-4-2/h9H,3-8,13H2,1-2H3. The number of unbranched alkanes of at least 4 members (excludes halogenated alkanes) is 2. The van der Waals surface area contributed by atoms with E-state index in [0.717, 1.165) is 25.7 Å². The van der Waals surface area contributed by atoms with Crippen molar-refractivity contribution in [3.05, 3.63) is 26.9 Å². The van der Waals surface area contributed by atoms with Crippen LogP contribution < -0.4 is 17.0 Å². The van der Waals surface area contributed by atoms with Crippen molar-refractivity contribution >= 4 is 5.82 Å². The average molecular weight is 239 g/mol. The molecule has 0 fully saturated rings. The van der Waals surface area contributed by atoms with Crippen LogP contribution in [-0.2, 0) is 13.1 Å². The van der Waals surface area contributed by atoms with Crippen LogP contribution in [0.3, 0.4) is 0 Å². The lowest BCUT2D eigenvalue weighted by Gasteiger charge is -2.12. The highest BCUT2D eigenvalue weighted by molar-refractivity contribution is 5.26. The molecule has 0 saturated carbocycles. The molecular weight excluding hydrogens is 218 g/mol. The fourth-order valence-electron chi connectivity index (χ4n) is 1.70.